The molecule has 1 aliphatic rings. The Morgan fingerprint density at radius 2 is 1.93 bits per heavy atom. The molecule has 0 aliphatic carbocycles. The molecule has 0 unspecified atom stereocenters. The summed E-state index contributed by atoms with van der Waals surface area (Å²) in [7, 11) is 1.25. The number of carbonyl (C=O) groups excluding carboxylic acids is 2. The van der Waals surface area contributed by atoms with Crippen LogP contribution in [0, 0.1) is 0 Å². The molecule has 1 aromatic heterocycles. The van der Waals surface area contributed by atoms with E-state index in [1.807, 2.05) is 0 Å². The van der Waals surface area contributed by atoms with Crippen molar-refractivity contribution in [3.63, 3.8) is 0 Å². The van der Waals surface area contributed by atoms with E-state index in [2.05, 4.69) is 5.32 Å². The lowest BCUT2D eigenvalue weighted by Gasteiger charge is -2.11. The lowest BCUT2D eigenvalue weighted by atomic mass is 10.1. The van der Waals surface area contributed by atoms with Gasteiger partial charge in [0.1, 0.15) is 17.8 Å². The number of anilines is 1. The second-order valence-corrected chi connectivity index (χ2v) is 6.26. The summed E-state index contributed by atoms with van der Waals surface area (Å²) in [5.74, 6) is -1.07. The predicted octanol–water partition coefficient (Wildman–Crippen LogP) is -0.376. The fourth-order valence-corrected chi connectivity index (χ4v) is 2.99. The van der Waals surface area contributed by atoms with Crippen molar-refractivity contribution in [2.24, 2.45) is 0 Å². The van der Waals surface area contributed by atoms with Crippen molar-refractivity contribution in [3.8, 4) is 0 Å². The van der Waals surface area contributed by atoms with Gasteiger partial charge in [-0.25, -0.2) is 4.79 Å². The molecule has 1 saturated heterocycles. The number of amides is 1. The molecule has 0 spiro atoms. The van der Waals surface area contributed by atoms with Gasteiger partial charge in [0.2, 0.25) is 0 Å². The molecule has 1 amide bonds. The highest BCUT2D eigenvalue weighted by Crippen LogP contribution is 2.25. The molecule has 1 aromatic carbocycles. The van der Waals surface area contributed by atoms with E-state index in [9.17, 15) is 24.9 Å². The number of aliphatic hydroxyl groups excluding tert-OH is 3. The Morgan fingerprint density at radius 3 is 2.61 bits per heavy atom. The summed E-state index contributed by atoms with van der Waals surface area (Å²) in [6, 6.07) is 9.56. The number of aromatic nitrogens is 1. The number of methoxy groups -OCH3 is 1. The molecule has 4 N–H and O–H groups in total. The van der Waals surface area contributed by atoms with Crippen LogP contribution in [0.4, 0.5) is 5.69 Å². The predicted molar refractivity (Wildman–Crippen MR) is 95.4 cm³/mol. The first-order valence-corrected chi connectivity index (χ1v) is 8.58. The molecule has 0 saturated carbocycles. The number of para-hydroxylation sites is 1. The number of esters is 1. The van der Waals surface area contributed by atoms with Crippen LogP contribution in [0.1, 0.15) is 26.9 Å². The number of hydrogen-bond donors (Lipinski definition) is 4. The van der Waals surface area contributed by atoms with Crippen LogP contribution in [-0.2, 0) is 9.47 Å². The number of rotatable bonds is 5. The molecule has 9 nitrogen and oxygen atoms in total. The first-order chi connectivity index (χ1) is 13.5. The number of aliphatic hydroxyl groups is 3. The van der Waals surface area contributed by atoms with E-state index in [4.69, 9.17) is 9.47 Å². The molecule has 4 atom stereocenters. The zero-order chi connectivity index (χ0) is 20.3. The van der Waals surface area contributed by atoms with Crippen molar-refractivity contribution in [2.45, 2.75) is 24.5 Å². The van der Waals surface area contributed by atoms with Crippen molar-refractivity contribution in [1.82, 2.24) is 0 Å². The molecule has 1 aliphatic heterocycles. The van der Waals surface area contributed by atoms with Crippen LogP contribution in [0.15, 0.2) is 48.8 Å². The number of nitrogens with zero attached hydrogens (tertiary/aromatic N) is 1. The quantitative estimate of drug-likeness (QED) is 0.405. The minimum Gasteiger partial charge on any atom is -0.465 e. The van der Waals surface area contributed by atoms with Gasteiger partial charge in [0, 0.05) is 6.07 Å². The molecule has 148 valence electrons. The van der Waals surface area contributed by atoms with Crippen LogP contribution in [0.3, 0.4) is 0 Å². The van der Waals surface area contributed by atoms with E-state index < -0.39 is 43.0 Å². The maximum atomic E-state index is 12.6. The number of nitrogens with one attached hydrogen (secondary N) is 1. The van der Waals surface area contributed by atoms with Crippen LogP contribution < -0.4 is 9.88 Å². The van der Waals surface area contributed by atoms with Gasteiger partial charge in [-0.1, -0.05) is 12.1 Å². The number of carbonyl (C=O) groups is 2. The molecule has 2 aromatic rings. The van der Waals surface area contributed by atoms with Crippen LogP contribution in [0.25, 0.3) is 0 Å². The Hall–Kier alpha value is -2.85. The molecular formula is C19H21N2O7+. The molecule has 1 fully saturated rings. The monoisotopic (exact) mass is 389 g/mol. The first kappa shape index (κ1) is 19.9. The smallest absolute Gasteiger partial charge is 0.339 e. The Bertz CT molecular complexity index is 873. The van der Waals surface area contributed by atoms with Crippen LogP contribution in [-0.4, -0.2) is 59.2 Å². The fraction of sp³-hybridized carbons (Fsp3) is 0.316. The molecule has 2 heterocycles. The number of pyridine rings is 1. The van der Waals surface area contributed by atoms with Crippen LogP contribution in [0.5, 0.6) is 0 Å². The highest BCUT2D eigenvalue weighted by Gasteiger charge is 2.48. The zero-order valence-electron chi connectivity index (χ0n) is 15.1. The van der Waals surface area contributed by atoms with E-state index >= 15 is 0 Å². The topological polar surface area (TPSA) is 129 Å². The normalized spacial score (nSPS) is 24.0. The van der Waals surface area contributed by atoms with Crippen LogP contribution in [0.2, 0.25) is 0 Å². The second-order valence-electron chi connectivity index (χ2n) is 6.26. The van der Waals surface area contributed by atoms with E-state index in [0.717, 1.165) is 0 Å². The summed E-state index contributed by atoms with van der Waals surface area (Å²) < 4.78 is 11.6. The van der Waals surface area contributed by atoms with Crippen LogP contribution >= 0.6 is 0 Å². The lowest BCUT2D eigenvalue weighted by molar-refractivity contribution is -0.765. The average molecular weight is 389 g/mol. The van der Waals surface area contributed by atoms with Crippen molar-refractivity contribution in [2.75, 3.05) is 19.0 Å². The van der Waals surface area contributed by atoms with Crippen molar-refractivity contribution < 1.29 is 38.9 Å². The average Bonchev–Trinajstić information content (AvgIpc) is 3.02. The highest BCUT2D eigenvalue weighted by atomic mass is 16.6. The van der Waals surface area contributed by atoms with Gasteiger partial charge in [-0.3, -0.25) is 4.79 Å². The zero-order valence-corrected chi connectivity index (χ0v) is 15.1. The van der Waals surface area contributed by atoms with Gasteiger partial charge in [0.15, 0.2) is 18.5 Å². The first-order valence-electron chi connectivity index (χ1n) is 8.58. The van der Waals surface area contributed by atoms with Gasteiger partial charge in [0.05, 0.1) is 25.0 Å². The number of hydrogen-bond acceptors (Lipinski definition) is 7. The maximum Gasteiger partial charge on any atom is 0.339 e. The minimum absolute atomic E-state index is 0.214. The van der Waals surface area contributed by atoms with E-state index in [1.54, 1.807) is 36.5 Å². The van der Waals surface area contributed by atoms with Crippen molar-refractivity contribution >= 4 is 17.6 Å². The van der Waals surface area contributed by atoms with E-state index in [1.165, 1.54) is 23.9 Å². The number of benzene rings is 1. The fourth-order valence-electron chi connectivity index (χ4n) is 2.99. The van der Waals surface area contributed by atoms with E-state index in [0.29, 0.717) is 5.69 Å². The Kier molecular flexibility index (Phi) is 6.00. The third kappa shape index (κ3) is 3.87. The molecule has 9 heteroatoms. The molecule has 28 heavy (non-hydrogen) atoms. The third-order valence-corrected chi connectivity index (χ3v) is 4.48. The largest absolute Gasteiger partial charge is 0.465 e. The third-order valence-electron chi connectivity index (χ3n) is 4.48. The summed E-state index contributed by atoms with van der Waals surface area (Å²) >= 11 is 0. The standard InChI is InChI=1S/C19H20N2O7/c1-27-19(26)12-6-2-3-7-13(12)20-17(25)11-5-4-8-21(9-11)18-16(24)15(23)14(10-22)28-18/h2-9,14-16,18,22-24H,10H2,1H3/p+1/t14-,15-,16-,18-/m1/s1. The Balaban J connectivity index is 1.82. The Morgan fingerprint density at radius 1 is 1.18 bits per heavy atom. The second kappa shape index (κ2) is 8.44. The van der Waals surface area contributed by atoms with Crippen molar-refractivity contribution in [1.29, 1.82) is 0 Å². The van der Waals surface area contributed by atoms with Gasteiger partial charge >= 0.3 is 5.97 Å². The van der Waals surface area contributed by atoms with Crippen molar-refractivity contribution in [3.05, 3.63) is 59.9 Å². The molecule has 0 bridgehead atoms. The summed E-state index contributed by atoms with van der Waals surface area (Å²) in [4.78, 5) is 24.5. The molecule has 3 rings (SSSR count). The maximum absolute atomic E-state index is 12.6. The molecular weight excluding hydrogens is 368 g/mol. The van der Waals surface area contributed by atoms with Gasteiger partial charge in [-0.15, -0.1) is 0 Å². The minimum atomic E-state index is -1.26. The van der Waals surface area contributed by atoms with Gasteiger partial charge < -0.3 is 30.1 Å². The SMILES string of the molecule is COC(=O)c1ccccc1NC(=O)c1ccc[n+]([C@@H]2O[C@H](CO)[C@@H](O)[C@H]2O)c1. The number of ether oxygens (including phenoxy) is 2. The van der Waals surface area contributed by atoms with Gasteiger partial charge in [-0.2, -0.15) is 4.57 Å². The highest BCUT2D eigenvalue weighted by molar-refractivity contribution is 6.07. The van der Waals surface area contributed by atoms with Gasteiger partial charge in [-0.05, 0) is 18.2 Å². The van der Waals surface area contributed by atoms with Gasteiger partial charge in [0.25, 0.3) is 12.1 Å². The lowest BCUT2D eigenvalue weighted by Crippen LogP contribution is -2.46. The summed E-state index contributed by atoms with van der Waals surface area (Å²) in [5.41, 5.74) is 0.744. The summed E-state index contributed by atoms with van der Waals surface area (Å²) in [6.45, 7) is -0.445. The summed E-state index contributed by atoms with van der Waals surface area (Å²) in [5, 5.41) is 31.9. The summed E-state index contributed by atoms with van der Waals surface area (Å²) in [6.07, 6.45) is -1.37. The van der Waals surface area contributed by atoms with E-state index in [-0.39, 0.29) is 11.1 Å². The Labute approximate surface area is 160 Å². The molecule has 0 radical (unpaired) electrons.